The Labute approximate surface area is 148 Å². The van der Waals surface area contributed by atoms with Gasteiger partial charge in [0, 0.05) is 25.9 Å². The van der Waals surface area contributed by atoms with E-state index in [1.165, 1.54) is 25.7 Å². The number of hydrogen-bond donors (Lipinski definition) is 1. The van der Waals surface area contributed by atoms with Crippen molar-refractivity contribution in [3.63, 3.8) is 0 Å². The van der Waals surface area contributed by atoms with E-state index in [1.807, 2.05) is 11.8 Å². The van der Waals surface area contributed by atoms with E-state index in [-0.39, 0.29) is 17.7 Å². The molecule has 0 aromatic rings. The number of carbonyl (C=O) groups excluding carboxylic acids is 2. The van der Waals surface area contributed by atoms with Crippen LogP contribution in [0.4, 0.5) is 0 Å². The van der Waals surface area contributed by atoms with Gasteiger partial charge in [-0.05, 0) is 50.4 Å². The topological polar surface area (TPSA) is 61.8 Å². The second-order valence-electron chi connectivity index (χ2n) is 8.56. The molecule has 5 unspecified atom stereocenters. The van der Waals surface area contributed by atoms with Gasteiger partial charge in [-0.2, -0.15) is 0 Å². The van der Waals surface area contributed by atoms with Gasteiger partial charge in [0.15, 0.2) is 5.17 Å². The molecule has 6 heteroatoms. The molecule has 0 spiro atoms. The van der Waals surface area contributed by atoms with Crippen LogP contribution in [0.25, 0.3) is 0 Å². The molecule has 2 aliphatic carbocycles. The summed E-state index contributed by atoms with van der Waals surface area (Å²) in [5.74, 6) is 1.20. The molecule has 2 amide bonds. The Morgan fingerprint density at radius 2 is 2.17 bits per heavy atom. The molecule has 24 heavy (non-hydrogen) atoms. The number of nitrogens with one attached hydrogen (secondary N) is 1. The van der Waals surface area contributed by atoms with Gasteiger partial charge in [0.25, 0.3) is 0 Å². The van der Waals surface area contributed by atoms with Gasteiger partial charge in [-0.1, -0.05) is 18.7 Å². The molecule has 0 aromatic heterocycles. The molecule has 2 saturated heterocycles. The molecule has 2 aliphatic heterocycles. The van der Waals surface area contributed by atoms with Crippen LogP contribution in [0.2, 0.25) is 0 Å². The minimum Gasteiger partial charge on any atom is -0.343 e. The summed E-state index contributed by atoms with van der Waals surface area (Å²) in [4.78, 5) is 31.1. The number of likely N-dealkylation sites (tertiary alicyclic amines) is 1. The number of fused-ring (bicyclic) bond motifs is 2. The number of nitrogens with zero attached hydrogens (tertiary/aromatic N) is 2. The number of rotatable bonds is 2. The molecule has 5 nitrogen and oxygen atoms in total. The first-order valence-corrected chi connectivity index (χ1v) is 9.95. The Balaban J connectivity index is 1.49. The molecule has 2 heterocycles. The largest absolute Gasteiger partial charge is 0.343 e. The summed E-state index contributed by atoms with van der Waals surface area (Å²) in [7, 11) is 0. The van der Waals surface area contributed by atoms with Crippen LogP contribution < -0.4 is 5.32 Å². The van der Waals surface area contributed by atoms with Gasteiger partial charge < -0.3 is 10.2 Å². The highest BCUT2D eigenvalue weighted by atomic mass is 32.2. The van der Waals surface area contributed by atoms with Crippen molar-refractivity contribution in [1.82, 2.24) is 10.2 Å². The summed E-state index contributed by atoms with van der Waals surface area (Å²) in [5, 5.41) is 3.85. The normalized spacial score (nSPS) is 46.1. The number of carbonyl (C=O) groups is 2. The fraction of sp³-hybridized carbons (Fsp3) is 0.833. The van der Waals surface area contributed by atoms with Gasteiger partial charge in [-0.25, -0.2) is 0 Å². The van der Waals surface area contributed by atoms with Gasteiger partial charge in [0.05, 0.1) is 6.04 Å². The van der Waals surface area contributed by atoms with Crippen LogP contribution in [-0.2, 0) is 9.59 Å². The predicted molar refractivity (Wildman–Crippen MR) is 95.8 cm³/mol. The van der Waals surface area contributed by atoms with Crippen molar-refractivity contribution in [3.8, 4) is 0 Å². The van der Waals surface area contributed by atoms with E-state index in [2.05, 4.69) is 12.2 Å². The zero-order valence-electron chi connectivity index (χ0n) is 14.8. The average Bonchev–Trinajstić information content (AvgIpc) is 3.23. The van der Waals surface area contributed by atoms with Gasteiger partial charge in [0.2, 0.25) is 11.8 Å². The predicted octanol–water partition coefficient (Wildman–Crippen LogP) is 2.41. The Morgan fingerprint density at radius 1 is 1.38 bits per heavy atom. The lowest BCUT2D eigenvalue weighted by atomic mass is 9.82. The molecular formula is C18H27N3O2S. The fourth-order valence-corrected chi connectivity index (χ4v) is 6.40. The number of amidine groups is 1. The molecule has 2 saturated carbocycles. The average molecular weight is 350 g/mol. The van der Waals surface area contributed by atoms with E-state index in [1.54, 1.807) is 18.7 Å². The van der Waals surface area contributed by atoms with Crippen LogP contribution >= 0.6 is 11.8 Å². The summed E-state index contributed by atoms with van der Waals surface area (Å²) >= 11 is 1.60. The van der Waals surface area contributed by atoms with Crippen LogP contribution in [0, 0.1) is 17.3 Å². The van der Waals surface area contributed by atoms with Crippen LogP contribution in [0.1, 0.15) is 52.9 Å². The van der Waals surface area contributed by atoms with Crippen molar-refractivity contribution in [3.05, 3.63) is 0 Å². The lowest BCUT2D eigenvalue weighted by molar-refractivity contribution is -0.128. The zero-order valence-corrected chi connectivity index (χ0v) is 15.6. The van der Waals surface area contributed by atoms with Gasteiger partial charge in [-0.3, -0.25) is 14.6 Å². The van der Waals surface area contributed by atoms with Crippen molar-refractivity contribution < 1.29 is 9.59 Å². The first kappa shape index (κ1) is 16.4. The van der Waals surface area contributed by atoms with Crippen molar-refractivity contribution in [2.45, 2.75) is 63.7 Å². The summed E-state index contributed by atoms with van der Waals surface area (Å²) in [6.07, 6.45) is 5.98. The van der Waals surface area contributed by atoms with Crippen molar-refractivity contribution >= 4 is 28.7 Å². The molecule has 0 radical (unpaired) electrons. The van der Waals surface area contributed by atoms with Crippen LogP contribution in [0.3, 0.4) is 0 Å². The number of amides is 2. The first-order valence-electron chi connectivity index (χ1n) is 9.14. The number of aliphatic imine (C=N–C) groups is 1. The van der Waals surface area contributed by atoms with Crippen molar-refractivity contribution in [1.29, 1.82) is 0 Å². The second kappa shape index (κ2) is 5.48. The Kier molecular flexibility index (Phi) is 3.75. The van der Waals surface area contributed by atoms with Crippen LogP contribution in [0.5, 0.6) is 0 Å². The van der Waals surface area contributed by atoms with E-state index in [0.717, 1.165) is 24.1 Å². The smallest absolute Gasteiger partial charge is 0.242 e. The zero-order chi connectivity index (χ0) is 17.1. The quantitative estimate of drug-likeness (QED) is 0.833. The third kappa shape index (κ3) is 2.49. The molecule has 5 atom stereocenters. The van der Waals surface area contributed by atoms with E-state index in [0.29, 0.717) is 18.0 Å². The highest BCUT2D eigenvalue weighted by molar-refractivity contribution is 8.16. The lowest BCUT2D eigenvalue weighted by Crippen LogP contribution is -2.42. The van der Waals surface area contributed by atoms with Gasteiger partial charge in [-0.15, -0.1) is 0 Å². The summed E-state index contributed by atoms with van der Waals surface area (Å²) in [6.45, 7) is 7.43. The van der Waals surface area contributed by atoms with E-state index >= 15 is 0 Å². The summed E-state index contributed by atoms with van der Waals surface area (Å²) < 4.78 is -0.498. The maximum Gasteiger partial charge on any atom is 0.242 e. The minimum absolute atomic E-state index is 0.0648. The Morgan fingerprint density at radius 3 is 2.75 bits per heavy atom. The van der Waals surface area contributed by atoms with Crippen molar-refractivity contribution in [2.24, 2.45) is 22.2 Å². The monoisotopic (exact) mass is 349 g/mol. The fourth-order valence-electron chi connectivity index (χ4n) is 5.17. The number of thioether (sulfide) groups is 1. The van der Waals surface area contributed by atoms with E-state index < -0.39 is 4.75 Å². The van der Waals surface area contributed by atoms with Gasteiger partial charge >= 0.3 is 0 Å². The summed E-state index contributed by atoms with van der Waals surface area (Å²) in [5.41, 5.74) is 0.334. The molecule has 132 valence electrons. The van der Waals surface area contributed by atoms with E-state index in [9.17, 15) is 9.59 Å². The van der Waals surface area contributed by atoms with Crippen LogP contribution in [0.15, 0.2) is 4.99 Å². The van der Waals surface area contributed by atoms with Gasteiger partial charge in [0.1, 0.15) is 4.75 Å². The minimum atomic E-state index is -0.498. The molecule has 0 aromatic carbocycles. The first-order chi connectivity index (χ1) is 11.3. The summed E-state index contributed by atoms with van der Waals surface area (Å²) in [6, 6.07) is 0.360. The van der Waals surface area contributed by atoms with E-state index in [4.69, 9.17) is 4.99 Å². The molecule has 2 bridgehead atoms. The number of hydrogen-bond acceptors (Lipinski definition) is 4. The Hall–Kier alpha value is -1.04. The lowest BCUT2D eigenvalue weighted by Gasteiger charge is -2.29. The standard InChI is InChI=1S/C18H27N3O2S/c1-11(22)21-7-5-13(10-21)18(3)15(23)20-16(24-18)19-14-8-12-4-6-17(14,2)9-12/h12-14H,4-10H2,1-3H3,(H,19,20,23). The molecule has 1 N–H and O–H groups in total. The third-order valence-electron chi connectivity index (χ3n) is 6.91. The molecule has 4 fully saturated rings. The maximum atomic E-state index is 12.7. The molecule has 4 rings (SSSR count). The SMILES string of the molecule is CC(=O)N1CCC(C2(C)SC(=NC3CC4CCC3(C)C4)NC2=O)C1. The highest BCUT2D eigenvalue weighted by Gasteiger charge is 2.53. The maximum absolute atomic E-state index is 12.7. The van der Waals surface area contributed by atoms with Crippen molar-refractivity contribution in [2.75, 3.05) is 13.1 Å². The Bertz CT molecular complexity index is 621. The molecule has 4 aliphatic rings. The highest BCUT2D eigenvalue weighted by Crippen LogP contribution is 2.55. The third-order valence-corrected chi connectivity index (χ3v) is 8.25. The molecular weight excluding hydrogens is 322 g/mol. The second-order valence-corrected chi connectivity index (χ2v) is 10.0. The van der Waals surface area contributed by atoms with Crippen LogP contribution in [-0.4, -0.2) is 45.8 Å².